The SMILES string of the molecule is CC(c1ccccc1)N(C)S(=O)(=O)c1ccc([N+](=O)[O-])cc1. The van der Waals surface area contributed by atoms with Gasteiger partial charge < -0.3 is 0 Å². The molecule has 0 saturated carbocycles. The van der Waals surface area contributed by atoms with Crippen LogP contribution in [0.5, 0.6) is 0 Å². The summed E-state index contributed by atoms with van der Waals surface area (Å²) >= 11 is 0. The number of nitrogens with zero attached hydrogens (tertiary/aromatic N) is 2. The number of rotatable bonds is 5. The van der Waals surface area contributed by atoms with Crippen LogP contribution in [0.1, 0.15) is 18.5 Å². The van der Waals surface area contributed by atoms with E-state index in [1.807, 2.05) is 30.3 Å². The highest BCUT2D eigenvalue weighted by atomic mass is 32.2. The van der Waals surface area contributed by atoms with Crippen molar-refractivity contribution in [2.75, 3.05) is 7.05 Å². The molecule has 2 aromatic carbocycles. The van der Waals surface area contributed by atoms with Gasteiger partial charge >= 0.3 is 0 Å². The molecule has 0 aliphatic rings. The molecule has 7 heteroatoms. The predicted molar refractivity (Wildman–Crippen MR) is 82.9 cm³/mol. The van der Waals surface area contributed by atoms with E-state index in [0.29, 0.717) is 0 Å². The van der Waals surface area contributed by atoms with E-state index < -0.39 is 14.9 Å². The normalized spacial score (nSPS) is 13.0. The maximum atomic E-state index is 12.6. The molecule has 0 aliphatic heterocycles. The molecular formula is C15H16N2O4S. The molecule has 0 fully saturated rings. The Morgan fingerprint density at radius 1 is 1.05 bits per heavy atom. The standard InChI is InChI=1S/C15H16N2O4S/c1-12(13-6-4-3-5-7-13)16(2)22(20,21)15-10-8-14(9-11-15)17(18)19/h3-12H,1-2H3. The number of nitro groups is 1. The van der Waals surface area contributed by atoms with E-state index in [2.05, 4.69) is 0 Å². The molecule has 22 heavy (non-hydrogen) atoms. The molecule has 0 radical (unpaired) electrons. The van der Waals surface area contributed by atoms with Crippen LogP contribution in [0.2, 0.25) is 0 Å². The fourth-order valence-electron chi connectivity index (χ4n) is 2.06. The van der Waals surface area contributed by atoms with E-state index in [1.54, 1.807) is 6.92 Å². The number of hydrogen-bond donors (Lipinski definition) is 0. The van der Waals surface area contributed by atoms with Crippen LogP contribution < -0.4 is 0 Å². The van der Waals surface area contributed by atoms with Gasteiger partial charge in [-0.05, 0) is 24.6 Å². The highest BCUT2D eigenvalue weighted by Crippen LogP contribution is 2.26. The van der Waals surface area contributed by atoms with Gasteiger partial charge in [-0.15, -0.1) is 0 Å². The lowest BCUT2D eigenvalue weighted by Crippen LogP contribution is -2.29. The van der Waals surface area contributed by atoms with Gasteiger partial charge in [0, 0.05) is 25.2 Å². The predicted octanol–water partition coefficient (Wildman–Crippen LogP) is 2.98. The Labute approximate surface area is 129 Å². The minimum absolute atomic E-state index is 0.0309. The number of sulfonamides is 1. The van der Waals surface area contributed by atoms with Crippen molar-refractivity contribution in [1.82, 2.24) is 4.31 Å². The Bertz CT molecular complexity index is 758. The second-order valence-corrected chi connectivity index (χ2v) is 6.86. The molecule has 0 spiro atoms. The van der Waals surface area contributed by atoms with Crippen LogP contribution in [-0.2, 0) is 10.0 Å². The Kier molecular flexibility index (Phi) is 4.58. The monoisotopic (exact) mass is 320 g/mol. The Hall–Kier alpha value is -2.25. The lowest BCUT2D eigenvalue weighted by molar-refractivity contribution is -0.384. The topological polar surface area (TPSA) is 80.5 Å². The summed E-state index contributed by atoms with van der Waals surface area (Å²) in [7, 11) is -2.22. The van der Waals surface area contributed by atoms with E-state index in [-0.39, 0.29) is 16.6 Å². The zero-order chi connectivity index (χ0) is 16.3. The molecule has 0 N–H and O–H groups in total. The molecule has 1 atom stereocenters. The van der Waals surface area contributed by atoms with Crippen molar-refractivity contribution in [2.45, 2.75) is 17.9 Å². The van der Waals surface area contributed by atoms with Gasteiger partial charge in [-0.1, -0.05) is 30.3 Å². The van der Waals surface area contributed by atoms with Crippen LogP contribution >= 0.6 is 0 Å². The average Bonchev–Trinajstić information content (AvgIpc) is 2.54. The number of nitro benzene ring substituents is 1. The van der Waals surface area contributed by atoms with Crippen LogP contribution in [0.25, 0.3) is 0 Å². The Morgan fingerprint density at radius 2 is 1.59 bits per heavy atom. The molecule has 0 aromatic heterocycles. The lowest BCUT2D eigenvalue weighted by Gasteiger charge is -2.24. The Balaban J connectivity index is 2.31. The smallest absolute Gasteiger partial charge is 0.258 e. The maximum Gasteiger partial charge on any atom is 0.269 e. The Morgan fingerprint density at radius 3 is 2.09 bits per heavy atom. The molecule has 0 heterocycles. The summed E-state index contributed by atoms with van der Waals surface area (Å²) in [5, 5.41) is 10.6. The van der Waals surface area contributed by atoms with E-state index in [1.165, 1.54) is 35.6 Å². The molecule has 6 nitrogen and oxygen atoms in total. The third-order valence-electron chi connectivity index (χ3n) is 3.55. The van der Waals surface area contributed by atoms with Gasteiger partial charge in [0.1, 0.15) is 0 Å². The molecular weight excluding hydrogens is 304 g/mol. The van der Waals surface area contributed by atoms with Crippen molar-refractivity contribution >= 4 is 15.7 Å². The summed E-state index contributed by atoms with van der Waals surface area (Å²) in [6.07, 6.45) is 0. The molecule has 0 bridgehead atoms. The van der Waals surface area contributed by atoms with Crippen LogP contribution in [-0.4, -0.2) is 24.7 Å². The lowest BCUT2D eigenvalue weighted by atomic mass is 10.1. The van der Waals surface area contributed by atoms with Crippen LogP contribution in [0, 0.1) is 10.1 Å². The van der Waals surface area contributed by atoms with Gasteiger partial charge in [0.15, 0.2) is 0 Å². The van der Waals surface area contributed by atoms with Gasteiger partial charge in [-0.2, -0.15) is 4.31 Å². The number of non-ortho nitro benzene ring substituents is 1. The minimum Gasteiger partial charge on any atom is -0.258 e. The summed E-state index contributed by atoms with van der Waals surface area (Å²) in [5.74, 6) is 0. The van der Waals surface area contributed by atoms with E-state index in [9.17, 15) is 18.5 Å². The van der Waals surface area contributed by atoms with Crippen molar-refractivity contribution in [2.24, 2.45) is 0 Å². The van der Waals surface area contributed by atoms with E-state index >= 15 is 0 Å². The van der Waals surface area contributed by atoms with Crippen molar-refractivity contribution in [1.29, 1.82) is 0 Å². The summed E-state index contributed by atoms with van der Waals surface area (Å²) in [4.78, 5) is 10.1. The van der Waals surface area contributed by atoms with Crippen molar-refractivity contribution < 1.29 is 13.3 Å². The summed E-state index contributed by atoms with van der Waals surface area (Å²) in [5.41, 5.74) is 0.730. The average molecular weight is 320 g/mol. The van der Waals surface area contributed by atoms with Crippen LogP contribution in [0.3, 0.4) is 0 Å². The van der Waals surface area contributed by atoms with Gasteiger partial charge in [-0.25, -0.2) is 8.42 Å². The summed E-state index contributed by atoms with van der Waals surface area (Å²) in [6.45, 7) is 1.79. The minimum atomic E-state index is -3.72. The fourth-order valence-corrected chi connectivity index (χ4v) is 3.41. The second kappa shape index (κ2) is 6.25. The molecule has 2 aromatic rings. The third kappa shape index (κ3) is 3.15. The van der Waals surface area contributed by atoms with E-state index in [4.69, 9.17) is 0 Å². The quantitative estimate of drug-likeness (QED) is 0.626. The van der Waals surface area contributed by atoms with E-state index in [0.717, 1.165) is 5.56 Å². The number of benzene rings is 2. The first-order chi connectivity index (χ1) is 10.3. The van der Waals surface area contributed by atoms with Crippen LogP contribution in [0.4, 0.5) is 5.69 Å². The molecule has 116 valence electrons. The van der Waals surface area contributed by atoms with Crippen molar-refractivity contribution in [3.05, 3.63) is 70.3 Å². The first-order valence-corrected chi connectivity index (χ1v) is 8.05. The largest absolute Gasteiger partial charge is 0.269 e. The first kappa shape index (κ1) is 16.1. The number of hydrogen-bond acceptors (Lipinski definition) is 4. The first-order valence-electron chi connectivity index (χ1n) is 6.61. The molecule has 1 unspecified atom stereocenters. The summed E-state index contributed by atoms with van der Waals surface area (Å²) < 4.78 is 26.4. The molecule has 0 aliphatic carbocycles. The van der Waals surface area contributed by atoms with Gasteiger partial charge in [0.05, 0.1) is 9.82 Å². The van der Waals surface area contributed by atoms with Gasteiger partial charge in [0.2, 0.25) is 10.0 Å². The maximum absolute atomic E-state index is 12.6. The molecule has 0 saturated heterocycles. The zero-order valence-electron chi connectivity index (χ0n) is 12.2. The highest BCUT2D eigenvalue weighted by Gasteiger charge is 2.26. The third-order valence-corrected chi connectivity index (χ3v) is 5.49. The summed E-state index contributed by atoms with van der Waals surface area (Å²) in [6, 6.07) is 13.8. The van der Waals surface area contributed by atoms with Gasteiger partial charge in [0.25, 0.3) is 5.69 Å². The second-order valence-electron chi connectivity index (χ2n) is 4.86. The van der Waals surface area contributed by atoms with Gasteiger partial charge in [-0.3, -0.25) is 10.1 Å². The van der Waals surface area contributed by atoms with Crippen LogP contribution in [0.15, 0.2) is 59.5 Å². The fraction of sp³-hybridized carbons (Fsp3) is 0.200. The zero-order valence-corrected chi connectivity index (χ0v) is 13.0. The van der Waals surface area contributed by atoms with Crippen molar-refractivity contribution in [3.8, 4) is 0 Å². The molecule has 0 amide bonds. The highest BCUT2D eigenvalue weighted by molar-refractivity contribution is 7.89. The molecule has 2 rings (SSSR count). The van der Waals surface area contributed by atoms with Crippen molar-refractivity contribution in [3.63, 3.8) is 0 Å².